The highest BCUT2D eigenvalue weighted by Gasteiger charge is 2.34. The van der Waals surface area contributed by atoms with E-state index in [1.807, 2.05) is 37.2 Å². The van der Waals surface area contributed by atoms with Crippen LogP contribution in [0.5, 0.6) is 0 Å². The fourth-order valence-electron chi connectivity index (χ4n) is 5.33. The van der Waals surface area contributed by atoms with Crippen LogP contribution in [0.4, 0.5) is 10.2 Å². The molecule has 0 unspecified atom stereocenters. The van der Waals surface area contributed by atoms with Gasteiger partial charge in [-0.05, 0) is 73.0 Å². The van der Waals surface area contributed by atoms with Gasteiger partial charge in [-0.1, -0.05) is 6.07 Å². The molecule has 0 N–H and O–H groups in total. The fourth-order valence-corrected chi connectivity index (χ4v) is 5.33. The summed E-state index contributed by atoms with van der Waals surface area (Å²) in [7, 11) is 5.43. The molecule has 0 bridgehead atoms. The van der Waals surface area contributed by atoms with Crippen LogP contribution in [0.3, 0.4) is 0 Å². The van der Waals surface area contributed by atoms with Gasteiger partial charge in [0.1, 0.15) is 18.0 Å². The van der Waals surface area contributed by atoms with Gasteiger partial charge in [0.15, 0.2) is 5.82 Å². The molecule has 10 heteroatoms. The molecule has 0 atom stereocenters. The number of aromatic nitrogens is 4. The van der Waals surface area contributed by atoms with Crippen molar-refractivity contribution in [3.63, 3.8) is 0 Å². The monoisotopic (exact) mass is 551 g/mol. The molecule has 2 aromatic heterocycles. The normalized spacial score (nSPS) is 14.5. The molecule has 6 rings (SSSR count). The van der Waals surface area contributed by atoms with Crippen molar-refractivity contribution in [1.29, 1.82) is 5.26 Å². The summed E-state index contributed by atoms with van der Waals surface area (Å²) in [6, 6.07) is 14.9. The van der Waals surface area contributed by atoms with E-state index in [4.69, 9.17) is 9.72 Å². The lowest BCUT2D eigenvalue weighted by molar-refractivity contribution is 0.0995. The first kappa shape index (κ1) is 26.7. The Morgan fingerprint density at radius 2 is 1.98 bits per heavy atom. The number of benzene rings is 2. The van der Waals surface area contributed by atoms with Gasteiger partial charge in [0, 0.05) is 55.5 Å². The number of carbonyl (C=O) groups is 1. The summed E-state index contributed by atoms with van der Waals surface area (Å²) in [5.74, 6) is 0.773. The third-order valence-electron chi connectivity index (χ3n) is 7.69. The lowest BCUT2D eigenvalue weighted by Crippen LogP contribution is -2.24. The minimum absolute atomic E-state index is 0.115. The average molecular weight is 552 g/mol. The zero-order chi connectivity index (χ0) is 28.7. The molecular weight excluding hydrogens is 521 g/mol. The molecule has 3 heterocycles. The topological polar surface area (TPSA) is 100 Å². The number of fused-ring (bicyclic) bond motifs is 1. The molecule has 1 fully saturated rings. The van der Waals surface area contributed by atoms with Crippen molar-refractivity contribution >= 4 is 11.7 Å². The quantitative estimate of drug-likeness (QED) is 0.298. The molecule has 2 aromatic carbocycles. The molecule has 0 saturated heterocycles. The van der Waals surface area contributed by atoms with Gasteiger partial charge in [-0.2, -0.15) is 5.26 Å². The summed E-state index contributed by atoms with van der Waals surface area (Å²) in [6.45, 7) is 1.88. The molecule has 9 nitrogen and oxygen atoms in total. The van der Waals surface area contributed by atoms with Gasteiger partial charge in [0.25, 0.3) is 5.91 Å². The zero-order valence-corrected chi connectivity index (χ0v) is 23.3. The molecular formula is C31H30FN7O2. The average Bonchev–Trinajstić information content (AvgIpc) is 3.66. The summed E-state index contributed by atoms with van der Waals surface area (Å²) in [5.41, 5.74) is 5.36. The van der Waals surface area contributed by atoms with E-state index in [1.165, 1.54) is 6.07 Å². The van der Waals surface area contributed by atoms with Crippen LogP contribution in [0.1, 0.15) is 51.5 Å². The zero-order valence-electron chi connectivity index (χ0n) is 23.3. The number of nitrogens with zero attached hydrogens (tertiary/aromatic N) is 7. The van der Waals surface area contributed by atoms with Crippen molar-refractivity contribution in [1.82, 2.24) is 24.6 Å². The van der Waals surface area contributed by atoms with Crippen molar-refractivity contribution < 1.29 is 13.9 Å². The minimum atomic E-state index is -0.385. The number of likely N-dealkylation sites (N-methyl/N-ethyl adjacent to an activating group) is 1. The first-order chi connectivity index (χ1) is 19.9. The smallest absolute Gasteiger partial charge is 0.260 e. The van der Waals surface area contributed by atoms with Crippen molar-refractivity contribution in [3.8, 4) is 28.6 Å². The van der Waals surface area contributed by atoms with E-state index >= 15 is 4.39 Å². The molecule has 1 saturated carbocycles. The third-order valence-corrected chi connectivity index (χ3v) is 7.69. The molecule has 208 valence electrons. The number of aryl methyl sites for hydroxylation is 1. The molecule has 1 aliphatic heterocycles. The SMILES string of the molecule is COCCN(C)Cc1cc(F)c2c(c1)C(=O)N(c1cc(-c3ccc(C#N)cc3-c3nncn3C)cc(C3CC3)n1)C2. The number of ether oxygens (including phenoxy) is 1. The maximum atomic E-state index is 15.3. The second kappa shape index (κ2) is 10.8. The maximum Gasteiger partial charge on any atom is 0.260 e. The van der Waals surface area contributed by atoms with Gasteiger partial charge in [-0.15, -0.1) is 10.2 Å². The van der Waals surface area contributed by atoms with E-state index in [-0.39, 0.29) is 18.3 Å². The Kier molecular flexibility index (Phi) is 7.07. The number of anilines is 1. The predicted molar refractivity (Wildman–Crippen MR) is 151 cm³/mol. The van der Waals surface area contributed by atoms with Gasteiger partial charge >= 0.3 is 0 Å². The van der Waals surface area contributed by atoms with Crippen molar-refractivity contribution in [2.45, 2.75) is 31.8 Å². The molecule has 4 aromatic rings. The number of pyridine rings is 1. The highest BCUT2D eigenvalue weighted by molar-refractivity contribution is 6.10. The summed E-state index contributed by atoms with van der Waals surface area (Å²) in [4.78, 5) is 22.2. The Morgan fingerprint density at radius 3 is 2.68 bits per heavy atom. The standard InChI is InChI=1S/C31H30FN7O2/c1-37(8-9-41-3)16-20-11-25-26(27(32)12-20)17-39(31(25)40)29-14-22(13-28(35-29)21-5-6-21)23-7-4-19(15-33)10-24(23)30-36-34-18-38(30)2/h4,7,10-14,18,21H,5-6,8-9,16-17H2,1-3H3. The molecule has 1 aliphatic carbocycles. The molecule has 0 spiro atoms. The Balaban J connectivity index is 1.39. The molecule has 0 radical (unpaired) electrons. The summed E-state index contributed by atoms with van der Waals surface area (Å²) in [5, 5.41) is 17.9. The van der Waals surface area contributed by atoms with E-state index in [0.29, 0.717) is 53.9 Å². The largest absolute Gasteiger partial charge is 0.383 e. The van der Waals surface area contributed by atoms with Crippen molar-refractivity contribution in [2.75, 3.05) is 32.2 Å². The second-order valence-corrected chi connectivity index (χ2v) is 10.8. The van der Waals surface area contributed by atoms with Gasteiger partial charge in [-0.25, -0.2) is 9.37 Å². The molecule has 1 amide bonds. The number of rotatable bonds is 9. The number of hydrogen-bond donors (Lipinski definition) is 0. The van der Waals surface area contributed by atoms with Crippen LogP contribution in [-0.4, -0.2) is 57.9 Å². The maximum absolute atomic E-state index is 15.3. The van der Waals surface area contributed by atoms with Crippen molar-refractivity contribution in [2.24, 2.45) is 7.05 Å². The van der Waals surface area contributed by atoms with Crippen molar-refractivity contribution in [3.05, 3.63) is 82.6 Å². The Bertz CT molecular complexity index is 1690. The van der Waals surface area contributed by atoms with Crippen LogP contribution in [0.15, 0.2) is 48.8 Å². The van der Waals surface area contributed by atoms with E-state index in [2.05, 4.69) is 16.3 Å². The molecule has 41 heavy (non-hydrogen) atoms. The number of halogens is 1. The number of amides is 1. The van der Waals surface area contributed by atoms with Crippen LogP contribution < -0.4 is 4.90 Å². The van der Waals surface area contributed by atoms with E-state index in [1.54, 1.807) is 41.1 Å². The van der Waals surface area contributed by atoms with E-state index < -0.39 is 0 Å². The van der Waals surface area contributed by atoms with Gasteiger partial charge in [-0.3, -0.25) is 14.6 Å². The van der Waals surface area contributed by atoms with Crippen LogP contribution in [0, 0.1) is 17.1 Å². The lowest BCUT2D eigenvalue weighted by atomic mass is 9.96. The number of carbonyl (C=O) groups excluding carboxylic acids is 1. The minimum Gasteiger partial charge on any atom is -0.383 e. The number of hydrogen-bond acceptors (Lipinski definition) is 7. The van der Waals surface area contributed by atoms with Crippen LogP contribution in [-0.2, 0) is 24.9 Å². The van der Waals surface area contributed by atoms with E-state index in [0.717, 1.165) is 40.8 Å². The Labute approximate surface area is 237 Å². The number of methoxy groups -OCH3 is 1. The summed E-state index contributed by atoms with van der Waals surface area (Å²) in [6.07, 6.45) is 3.67. The van der Waals surface area contributed by atoms with Gasteiger partial charge < -0.3 is 9.30 Å². The van der Waals surface area contributed by atoms with Crippen LogP contribution >= 0.6 is 0 Å². The van der Waals surface area contributed by atoms with E-state index in [9.17, 15) is 10.1 Å². The van der Waals surface area contributed by atoms with Gasteiger partial charge in [0.2, 0.25) is 0 Å². The number of nitriles is 1. The lowest BCUT2D eigenvalue weighted by Gasteiger charge is -2.18. The summed E-state index contributed by atoms with van der Waals surface area (Å²) >= 11 is 0. The highest BCUT2D eigenvalue weighted by atomic mass is 19.1. The second-order valence-electron chi connectivity index (χ2n) is 10.8. The van der Waals surface area contributed by atoms with Gasteiger partial charge in [0.05, 0.1) is 24.8 Å². The molecule has 2 aliphatic rings. The Morgan fingerprint density at radius 1 is 1.15 bits per heavy atom. The fraction of sp³-hybridized carbons (Fsp3) is 0.323. The Hall–Kier alpha value is -4.46. The first-order valence-corrected chi connectivity index (χ1v) is 13.6. The summed E-state index contributed by atoms with van der Waals surface area (Å²) < 4.78 is 22.3. The first-order valence-electron chi connectivity index (χ1n) is 13.6. The van der Waals surface area contributed by atoms with Crippen LogP contribution in [0.2, 0.25) is 0 Å². The predicted octanol–water partition coefficient (Wildman–Crippen LogP) is 4.67. The third kappa shape index (κ3) is 5.22. The highest BCUT2D eigenvalue weighted by Crippen LogP contribution is 2.43. The van der Waals surface area contributed by atoms with Crippen LogP contribution in [0.25, 0.3) is 22.5 Å².